The zero-order valence-corrected chi connectivity index (χ0v) is 16.0. The molecule has 2 N–H and O–H groups in total. The lowest BCUT2D eigenvalue weighted by atomic mass is 9.98. The summed E-state index contributed by atoms with van der Waals surface area (Å²) in [5.74, 6) is 0.582. The number of pyridine rings is 1. The van der Waals surface area contributed by atoms with E-state index in [4.69, 9.17) is 4.74 Å². The number of carbonyl (C=O) groups excluding carboxylic acids is 1. The molecule has 26 heavy (non-hydrogen) atoms. The summed E-state index contributed by atoms with van der Waals surface area (Å²) in [4.78, 5) is 12.9. The number of carbonyl (C=O) groups is 1. The maximum Gasteiger partial charge on any atom is 0.227 e. The third-order valence-corrected chi connectivity index (χ3v) is 5.62. The second-order valence-electron chi connectivity index (χ2n) is 8.26. The first-order valence-corrected chi connectivity index (χ1v) is 9.69. The lowest BCUT2D eigenvalue weighted by molar-refractivity contribution is -0.128. The van der Waals surface area contributed by atoms with Crippen LogP contribution < -0.4 is 10.6 Å². The number of nitrogens with zero attached hydrogens (tertiary/aromatic N) is 1. The summed E-state index contributed by atoms with van der Waals surface area (Å²) in [5, 5.41) is 6.55. The van der Waals surface area contributed by atoms with E-state index in [1.54, 1.807) is 0 Å². The average Bonchev–Trinajstić information content (AvgIpc) is 3.39. The summed E-state index contributed by atoms with van der Waals surface area (Å²) >= 11 is 0. The molecule has 1 atom stereocenters. The molecule has 2 aromatic heterocycles. The van der Waals surface area contributed by atoms with E-state index in [9.17, 15) is 4.79 Å². The Labute approximate surface area is 155 Å². The van der Waals surface area contributed by atoms with Crippen LogP contribution in [-0.4, -0.2) is 36.6 Å². The van der Waals surface area contributed by atoms with Crippen molar-refractivity contribution in [2.24, 2.45) is 5.92 Å². The summed E-state index contributed by atoms with van der Waals surface area (Å²) in [7, 11) is 0. The second kappa shape index (κ2) is 6.71. The molecule has 0 bridgehead atoms. The number of amides is 1. The van der Waals surface area contributed by atoms with Gasteiger partial charge in [-0.05, 0) is 62.8 Å². The van der Waals surface area contributed by atoms with Crippen LogP contribution >= 0.6 is 0 Å². The molecule has 5 nitrogen and oxygen atoms in total. The Bertz CT molecular complexity index is 812. The molecule has 3 heterocycles. The van der Waals surface area contributed by atoms with Crippen molar-refractivity contribution in [3.8, 4) is 0 Å². The van der Waals surface area contributed by atoms with Gasteiger partial charge < -0.3 is 19.8 Å². The van der Waals surface area contributed by atoms with Crippen LogP contribution in [0.4, 0.5) is 0 Å². The third-order valence-electron chi connectivity index (χ3n) is 5.62. The Morgan fingerprint density at radius 2 is 2.19 bits per heavy atom. The molecule has 2 aliphatic rings. The van der Waals surface area contributed by atoms with Crippen LogP contribution in [0.25, 0.3) is 5.52 Å². The number of hydrogen-bond donors (Lipinski definition) is 2. The molecule has 140 valence electrons. The van der Waals surface area contributed by atoms with Gasteiger partial charge in [0.25, 0.3) is 0 Å². The first kappa shape index (κ1) is 17.6. The summed E-state index contributed by atoms with van der Waals surface area (Å²) in [6.45, 7) is 8.99. The summed E-state index contributed by atoms with van der Waals surface area (Å²) in [6.07, 6.45) is 4.66. The SMILES string of the molecule is Cc1cccn2c(C(C)(C)NC(=O)C3CNCCOC3)cc(C3CC3)c12. The van der Waals surface area contributed by atoms with E-state index in [1.165, 1.54) is 29.5 Å². The van der Waals surface area contributed by atoms with Crippen LogP contribution in [0.15, 0.2) is 24.4 Å². The summed E-state index contributed by atoms with van der Waals surface area (Å²) in [6, 6.07) is 6.57. The van der Waals surface area contributed by atoms with Crippen molar-refractivity contribution in [1.82, 2.24) is 15.0 Å². The minimum Gasteiger partial charge on any atom is -0.379 e. The monoisotopic (exact) mass is 355 g/mol. The van der Waals surface area contributed by atoms with Gasteiger partial charge in [-0.2, -0.15) is 0 Å². The number of aryl methyl sites for hydroxylation is 1. The molecule has 0 aromatic carbocycles. The number of fused-ring (bicyclic) bond motifs is 1. The van der Waals surface area contributed by atoms with Crippen LogP contribution in [0.1, 0.15) is 49.4 Å². The quantitative estimate of drug-likeness (QED) is 0.887. The topological polar surface area (TPSA) is 54.8 Å². The van der Waals surface area contributed by atoms with Gasteiger partial charge in [-0.1, -0.05) is 6.07 Å². The van der Waals surface area contributed by atoms with E-state index in [0.29, 0.717) is 25.7 Å². The van der Waals surface area contributed by atoms with Crippen molar-refractivity contribution in [1.29, 1.82) is 0 Å². The van der Waals surface area contributed by atoms with E-state index in [0.717, 1.165) is 12.2 Å². The lowest BCUT2D eigenvalue weighted by Gasteiger charge is -2.29. The number of rotatable bonds is 4. The fourth-order valence-electron chi connectivity index (χ4n) is 4.00. The van der Waals surface area contributed by atoms with Gasteiger partial charge >= 0.3 is 0 Å². The minimum absolute atomic E-state index is 0.0555. The van der Waals surface area contributed by atoms with Crippen LogP contribution in [0, 0.1) is 12.8 Å². The Hall–Kier alpha value is -1.85. The Balaban J connectivity index is 1.65. The molecule has 1 saturated heterocycles. The largest absolute Gasteiger partial charge is 0.379 e. The van der Waals surface area contributed by atoms with Crippen molar-refractivity contribution < 1.29 is 9.53 Å². The van der Waals surface area contributed by atoms with E-state index in [-0.39, 0.29) is 11.8 Å². The lowest BCUT2D eigenvalue weighted by Crippen LogP contribution is -2.47. The molecule has 1 amide bonds. The summed E-state index contributed by atoms with van der Waals surface area (Å²) in [5.41, 5.74) is 4.73. The van der Waals surface area contributed by atoms with E-state index in [1.807, 2.05) is 0 Å². The van der Waals surface area contributed by atoms with Crippen LogP contribution in [-0.2, 0) is 15.1 Å². The Morgan fingerprint density at radius 1 is 1.38 bits per heavy atom. The van der Waals surface area contributed by atoms with Gasteiger partial charge in [0.05, 0.1) is 30.2 Å². The van der Waals surface area contributed by atoms with Crippen molar-refractivity contribution >= 4 is 11.4 Å². The van der Waals surface area contributed by atoms with Crippen LogP contribution in [0.5, 0.6) is 0 Å². The smallest absolute Gasteiger partial charge is 0.227 e. The normalized spacial score (nSPS) is 21.6. The molecule has 5 heteroatoms. The Morgan fingerprint density at radius 3 is 2.96 bits per heavy atom. The first-order chi connectivity index (χ1) is 12.5. The highest BCUT2D eigenvalue weighted by molar-refractivity contribution is 5.80. The number of nitrogens with one attached hydrogen (secondary N) is 2. The van der Waals surface area contributed by atoms with E-state index < -0.39 is 5.54 Å². The number of aromatic nitrogens is 1. The number of ether oxygens (including phenoxy) is 1. The number of hydrogen-bond acceptors (Lipinski definition) is 3. The van der Waals surface area contributed by atoms with Crippen molar-refractivity contribution in [3.63, 3.8) is 0 Å². The summed E-state index contributed by atoms with van der Waals surface area (Å²) < 4.78 is 7.82. The van der Waals surface area contributed by atoms with E-state index in [2.05, 4.69) is 60.2 Å². The van der Waals surface area contributed by atoms with Gasteiger partial charge in [0.15, 0.2) is 0 Å². The Kier molecular flexibility index (Phi) is 4.53. The van der Waals surface area contributed by atoms with Crippen molar-refractivity contribution in [2.45, 2.75) is 45.1 Å². The average molecular weight is 355 g/mol. The molecular formula is C21H29N3O2. The maximum atomic E-state index is 12.9. The van der Waals surface area contributed by atoms with Crippen LogP contribution in [0.3, 0.4) is 0 Å². The molecule has 2 aromatic rings. The van der Waals surface area contributed by atoms with Crippen molar-refractivity contribution in [3.05, 3.63) is 41.2 Å². The molecule has 1 aliphatic carbocycles. The van der Waals surface area contributed by atoms with Gasteiger partial charge in [-0.15, -0.1) is 0 Å². The molecule has 4 rings (SSSR count). The van der Waals surface area contributed by atoms with Crippen molar-refractivity contribution in [2.75, 3.05) is 26.3 Å². The van der Waals surface area contributed by atoms with Gasteiger partial charge in [0.2, 0.25) is 5.91 Å². The molecule has 0 radical (unpaired) electrons. The second-order valence-corrected chi connectivity index (χ2v) is 8.26. The van der Waals surface area contributed by atoms with Gasteiger partial charge in [0.1, 0.15) is 0 Å². The van der Waals surface area contributed by atoms with Gasteiger partial charge in [-0.25, -0.2) is 0 Å². The fraction of sp³-hybridized carbons (Fsp3) is 0.571. The predicted octanol–water partition coefficient (Wildman–Crippen LogP) is 2.71. The highest BCUT2D eigenvalue weighted by atomic mass is 16.5. The molecule has 1 unspecified atom stereocenters. The zero-order valence-electron chi connectivity index (χ0n) is 16.0. The highest BCUT2D eigenvalue weighted by Gasteiger charge is 2.34. The zero-order chi connectivity index (χ0) is 18.3. The molecule has 1 saturated carbocycles. The van der Waals surface area contributed by atoms with E-state index >= 15 is 0 Å². The maximum absolute atomic E-state index is 12.9. The predicted molar refractivity (Wildman–Crippen MR) is 102 cm³/mol. The molecule has 2 fully saturated rings. The first-order valence-electron chi connectivity index (χ1n) is 9.69. The molecule has 1 aliphatic heterocycles. The fourth-order valence-corrected chi connectivity index (χ4v) is 4.00. The highest BCUT2D eigenvalue weighted by Crippen LogP contribution is 2.44. The molecule has 0 spiro atoms. The molecular weight excluding hydrogens is 326 g/mol. The minimum atomic E-state index is -0.451. The third kappa shape index (κ3) is 3.26. The standard InChI is InChI=1S/C21H29N3O2/c1-14-5-4-9-24-18(11-17(19(14)24)15-6-7-15)21(2,3)23-20(25)16-12-22-8-10-26-13-16/h4-5,9,11,15-16,22H,6-8,10,12-13H2,1-3H3,(H,23,25). The van der Waals surface area contributed by atoms with Gasteiger partial charge in [-0.3, -0.25) is 4.79 Å². The van der Waals surface area contributed by atoms with Gasteiger partial charge in [0, 0.05) is 25.0 Å². The van der Waals surface area contributed by atoms with Crippen LogP contribution in [0.2, 0.25) is 0 Å².